The molecule has 1 aliphatic carbocycles. The third-order valence-electron chi connectivity index (χ3n) is 7.97. The van der Waals surface area contributed by atoms with Gasteiger partial charge in [-0.3, -0.25) is 9.78 Å². The van der Waals surface area contributed by atoms with Gasteiger partial charge in [-0.2, -0.15) is 0 Å². The number of fused-ring (bicyclic) bond motifs is 1. The van der Waals surface area contributed by atoms with E-state index in [0.717, 1.165) is 65.6 Å². The molecule has 1 aliphatic heterocycles. The summed E-state index contributed by atoms with van der Waals surface area (Å²) in [4.78, 5) is 25.2. The fourth-order valence-corrected chi connectivity index (χ4v) is 6.04. The highest BCUT2D eigenvalue weighted by atomic mass is 19.1. The zero-order valence-corrected chi connectivity index (χ0v) is 22.6. The van der Waals surface area contributed by atoms with Gasteiger partial charge in [-0.05, 0) is 90.4 Å². The third-order valence-corrected chi connectivity index (χ3v) is 7.97. The second-order valence-electron chi connectivity index (χ2n) is 10.9. The number of nitrogens with zero attached hydrogens (tertiary/aromatic N) is 3. The molecule has 0 radical (unpaired) electrons. The molecule has 2 aromatic carbocycles. The monoisotopic (exact) mass is 553 g/mol. The zero-order valence-electron chi connectivity index (χ0n) is 22.6. The molecule has 2 aromatic heterocycles. The summed E-state index contributed by atoms with van der Waals surface area (Å²) in [6.07, 6.45) is 8.94. The SMILES string of the molecule is O=C(CC1=CCc2ccc(F)cc21)C[C@@H](Cc1cc(F)cc(F)c1)c1ncccc1-c1ccc(N2CCCC2)nc1. The van der Waals surface area contributed by atoms with Crippen LogP contribution in [0.5, 0.6) is 0 Å². The molecule has 0 saturated carbocycles. The van der Waals surface area contributed by atoms with Crippen molar-refractivity contribution in [3.8, 4) is 11.1 Å². The van der Waals surface area contributed by atoms with Crippen LogP contribution in [-0.4, -0.2) is 28.8 Å². The lowest BCUT2D eigenvalue weighted by Crippen LogP contribution is -2.18. The average molecular weight is 554 g/mol. The highest BCUT2D eigenvalue weighted by Crippen LogP contribution is 2.36. The van der Waals surface area contributed by atoms with Crippen LogP contribution in [0.4, 0.5) is 19.0 Å². The predicted molar refractivity (Wildman–Crippen MR) is 154 cm³/mol. The van der Waals surface area contributed by atoms with Gasteiger partial charge in [0.25, 0.3) is 0 Å². The van der Waals surface area contributed by atoms with Gasteiger partial charge in [-0.25, -0.2) is 18.2 Å². The number of aromatic nitrogens is 2. The van der Waals surface area contributed by atoms with E-state index < -0.39 is 17.6 Å². The zero-order chi connectivity index (χ0) is 28.3. The molecule has 1 fully saturated rings. The molecule has 7 heteroatoms. The van der Waals surface area contributed by atoms with Crippen molar-refractivity contribution in [3.63, 3.8) is 0 Å². The summed E-state index contributed by atoms with van der Waals surface area (Å²) < 4.78 is 42.2. The predicted octanol–water partition coefficient (Wildman–Crippen LogP) is 7.48. The molecule has 4 nitrogen and oxygen atoms in total. The molecule has 2 aliphatic rings. The fourth-order valence-electron chi connectivity index (χ4n) is 6.04. The van der Waals surface area contributed by atoms with Crippen molar-refractivity contribution < 1.29 is 18.0 Å². The molecule has 41 heavy (non-hydrogen) atoms. The minimum absolute atomic E-state index is 0.0469. The Kier molecular flexibility index (Phi) is 7.68. The number of rotatable bonds is 9. The number of hydrogen-bond acceptors (Lipinski definition) is 4. The Morgan fingerprint density at radius 3 is 2.44 bits per heavy atom. The average Bonchev–Trinajstić information content (AvgIpc) is 3.63. The van der Waals surface area contributed by atoms with Crippen molar-refractivity contribution in [2.24, 2.45) is 0 Å². The number of carbonyl (C=O) groups excluding carboxylic acids is 1. The van der Waals surface area contributed by atoms with Crippen LogP contribution in [0.1, 0.15) is 54.0 Å². The molecule has 4 aromatic rings. The molecule has 0 spiro atoms. The molecule has 0 unspecified atom stereocenters. The van der Waals surface area contributed by atoms with Crippen LogP contribution >= 0.6 is 0 Å². The Morgan fingerprint density at radius 2 is 1.68 bits per heavy atom. The van der Waals surface area contributed by atoms with Gasteiger partial charge in [0.2, 0.25) is 0 Å². The summed E-state index contributed by atoms with van der Waals surface area (Å²) in [5.41, 5.74) is 5.39. The normalized spacial score (nSPS) is 15.1. The smallest absolute Gasteiger partial charge is 0.137 e. The topological polar surface area (TPSA) is 46.1 Å². The van der Waals surface area contributed by atoms with Crippen LogP contribution in [0.25, 0.3) is 16.7 Å². The Bertz CT molecular complexity index is 1590. The maximum absolute atomic E-state index is 14.1. The van der Waals surface area contributed by atoms with Crippen molar-refractivity contribution in [2.45, 2.75) is 44.4 Å². The number of halogens is 3. The Labute approximate surface area is 237 Å². The first-order chi connectivity index (χ1) is 19.9. The van der Waals surface area contributed by atoms with Crippen molar-refractivity contribution in [2.75, 3.05) is 18.0 Å². The van der Waals surface area contributed by atoms with E-state index in [0.29, 0.717) is 17.7 Å². The summed E-state index contributed by atoms with van der Waals surface area (Å²) in [6, 6.07) is 15.9. The van der Waals surface area contributed by atoms with Crippen LogP contribution in [0, 0.1) is 17.5 Å². The number of ketones is 1. The van der Waals surface area contributed by atoms with E-state index in [1.165, 1.54) is 24.3 Å². The molecule has 6 rings (SSSR count). The summed E-state index contributed by atoms with van der Waals surface area (Å²) in [5.74, 6) is -1.22. The summed E-state index contributed by atoms with van der Waals surface area (Å²) in [7, 11) is 0. The van der Waals surface area contributed by atoms with E-state index in [2.05, 4.69) is 9.88 Å². The second-order valence-corrected chi connectivity index (χ2v) is 10.9. The quantitative estimate of drug-likeness (QED) is 0.216. The standard InChI is InChI=1S/C34H30F3N3O/c35-27-9-7-23-5-6-24(32(23)20-27)17-30(41)18-26(14-22-15-28(36)19-29(37)16-22)34-31(4-3-11-38-34)25-8-10-33(39-21-25)40-12-1-2-13-40/h3-4,6-11,15-16,19-21,26H,1-2,5,12-14,17-18H2/t26-/m1/s1. The molecule has 1 saturated heterocycles. The first-order valence-electron chi connectivity index (χ1n) is 14.0. The molecular weight excluding hydrogens is 523 g/mol. The number of hydrogen-bond donors (Lipinski definition) is 0. The maximum Gasteiger partial charge on any atom is 0.137 e. The minimum atomic E-state index is -0.664. The molecule has 0 bridgehead atoms. The second kappa shape index (κ2) is 11.7. The van der Waals surface area contributed by atoms with Crippen molar-refractivity contribution in [3.05, 3.63) is 119 Å². The largest absolute Gasteiger partial charge is 0.357 e. The number of Topliss-reactive ketones (excluding diaryl/α,β-unsaturated/α-hetero) is 1. The molecule has 0 N–H and O–H groups in total. The van der Waals surface area contributed by atoms with Gasteiger partial charge in [0, 0.05) is 61.4 Å². The van der Waals surface area contributed by atoms with E-state index in [-0.39, 0.29) is 30.9 Å². The number of allylic oxidation sites excluding steroid dienone is 2. The van der Waals surface area contributed by atoms with Crippen LogP contribution < -0.4 is 4.90 Å². The lowest BCUT2D eigenvalue weighted by atomic mass is 9.85. The lowest BCUT2D eigenvalue weighted by Gasteiger charge is -2.21. The van der Waals surface area contributed by atoms with E-state index >= 15 is 0 Å². The van der Waals surface area contributed by atoms with Gasteiger partial charge in [0.15, 0.2) is 0 Å². The Morgan fingerprint density at radius 1 is 0.878 bits per heavy atom. The highest BCUT2D eigenvalue weighted by molar-refractivity contribution is 5.92. The van der Waals surface area contributed by atoms with Crippen molar-refractivity contribution in [1.82, 2.24) is 9.97 Å². The Balaban J connectivity index is 1.30. The van der Waals surface area contributed by atoms with Gasteiger partial charge in [-0.15, -0.1) is 0 Å². The molecule has 208 valence electrons. The van der Waals surface area contributed by atoms with E-state index in [1.54, 1.807) is 12.3 Å². The van der Waals surface area contributed by atoms with Crippen molar-refractivity contribution >= 4 is 17.2 Å². The van der Waals surface area contributed by atoms with Gasteiger partial charge >= 0.3 is 0 Å². The van der Waals surface area contributed by atoms with Crippen LogP contribution in [-0.2, 0) is 17.6 Å². The molecular formula is C34H30F3N3O. The number of carbonyl (C=O) groups is 1. The summed E-state index contributed by atoms with van der Waals surface area (Å²) in [6.45, 7) is 1.98. The van der Waals surface area contributed by atoms with Gasteiger partial charge < -0.3 is 4.90 Å². The van der Waals surface area contributed by atoms with Gasteiger partial charge in [-0.1, -0.05) is 18.2 Å². The number of benzene rings is 2. The Hall–Kier alpha value is -4.26. The first-order valence-corrected chi connectivity index (χ1v) is 14.0. The third kappa shape index (κ3) is 6.09. The minimum Gasteiger partial charge on any atom is -0.357 e. The van der Waals surface area contributed by atoms with Crippen molar-refractivity contribution in [1.29, 1.82) is 0 Å². The fraction of sp³-hybridized carbons (Fsp3) is 0.265. The van der Waals surface area contributed by atoms with Crippen LogP contribution in [0.15, 0.2) is 79.1 Å². The lowest BCUT2D eigenvalue weighted by molar-refractivity contribution is -0.118. The van der Waals surface area contributed by atoms with Crippen LogP contribution in [0.3, 0.4) is 0 Å². The van der Waals surface area contributed by atoms with E-state index in [9.17, 15) is 18.0 Å². The molecule has 1 atom stereocenters. The van der Waals surface area contributed by atoms with Gasteiger partial charge in [0.05, 0.1) is 5.69 Å². The highest BCUT2D eigenvalue weighted by Gasteiger charge is 2.25. The van der Waals surface area contributed by atoms with E-state index in [1.807, 2.05) is 36.5 Å². The summed E-state index contributed by atoms with van der Waals surface area (Å²) >= 11 is 0. The van der Waals surface area contributed by atoms with Crippen LogP contribution in [0.2, 0.25) is 0 Å². The molecule has 0 amide bonds. The maximum atomic E-state index is 14.1. The van der Waals surface area contributed by atoms with Gasteiger partial charge in [0.1, 0.15) is 29.1 Å². The first kappa shape index (κ1) is 26.9. The number of pyridine rings is 2. The van der Waals surface area contributed by atoms with E-state index in [4.69, 9.17) is 4.98 Å². The summed E-state index contributed by atoms with van der Waals surface area (Å²) in [5, 5.41) is 0. The molecule has 3 heterocycles. The number of anilines is 1.